The van der Waals surface area contributed by atoms with Crippen LogP contribution in [0.2, 0.25) is 0 Å². The molecule has 0 unspecified atom stereocenters. The maximum Gasteiger partial charge on any atom is 0.127 e. The molecule has 1 aromatic rings. The Bertz CT molecular complexity index is 236. The fraction of sp³-hybridized carbons (Fsp3) is 0.429. The lowest BCUT2D eigenvalue weighted by Crippen LogP contribution is -2.10. The lowest BCUT2D eigenvalue weighted by atomic mass is 10.2. The number of aromatic nitrogens is 2. The van der Waals surface area contributed by atoms with Gasteiger partial charge in [-0.05, 0) is 13.8 Å². The molecule has 0 spiro atoms. The van der Waals surface area contributed by atoms with Gasteiger partial charge in [-0.3, -0.25) is 0 Å². The third-order valence-corrected chi connectivity index (χ3v) is 1.34. The maximum absolute atomic E-state index is 5.61. The van der Waals surface area contributed by atoms with E-state index in [9.17, 15) is 0 Å². The molecule has 1 heterocycles. The summed E-state index contributed by atoms with van der Waals surface area (Å²) in [7, 11) is 0. The van der Waals surface area contributed by atoms with Crippen molar-refractivity contribution in [3.05, 3.63) is 17.6 Å². The number of hydrogen-bond acceptors (Lipinski definition) is 4. The molecule has 0 radical (unpaired) electrons. The maximum atomic E-state index is 5.61. The van der Waals surface area contributed by atoms with Gasteiger partial charge in [0, 0.05) is 12.1 Å². The number of anilines is 1. The van der Waals surface area contributed by atoms with Gasteiger partial charge in [-0.2, -0.15) is 0 Å². The highest BCUT2D eigenvalue weighted by Crippen LogP contribution is 2.08. The van der Waals surface area contributed by atoms with E-state index in [0.717, 1.165) is 5.69 Å². The first-order valence-electron chi connectivity index (χ1n) is 3.46. The number of nitrogens with zero attached hydrogens (tertiary/aromatic N) is 2. The fourth-order valence-corrected chi connectivity index (χ4v) is 0.848. The van der Waals surface area contributed by atoms with Gasteiger partial charge in [0.05, 0.1) is 5.69 Å². The Morgan fingerprint density at radius 1 is 1.45 bits per heavy atom. The Morgan fingerprint density at radius 2 is 2.09 bits per heavy atom. The third kappa shape index (κ3) is 1.88. The molecule has 1 rings (SSSR count). The summed E-state index contributed by atoms with van der Waals surface area (Å²) >= 11 is 0. The first kappa shape index (κ1) is 7.94. The van der Waals surface area contributed by atoms with Gasteiger partial charge in [0.1, 0.15) is 11.6 Å². The summed E-state index contributed by atoms with van der Waals surface area (Å²) in [6.07, 6.45) is 0. The second-order valence-corrected chi connectivity index (χ2v) is 2.55. The Hall–Kier alpha value is -1.16. The Kier molecular flexibility index (Phi) is 2.05. The number of rotatable bonds is 1. The van der Waals surface area contributed by atoms with Gasteiger partial charge in [-0.15, -0.1) is 0 Å². The predicted octanol–water partition coefficient (Wildman–Crippen LogP) is 0.387. The van der Waals surface area contributed by atoms with Crippen molar-refractivity contribution in [3.8, 4) is 0 Å². The Balaban J connectivity index is 3.08. The van der Waals surface area contributed by atoms with Crippen molar-refractivity contribution in [1.29, 1.82) is 0 Å². The van der Waals surface area contributed by atoms with Crippen molar-refractivity contribution < 1.29 is 0 Å². The van der Waals surface area contributed by atoms with E-state index in [1.165, 1.54) is 0 Å². The minimum absolute atomic E-state index is 0.0843. The van der Waals surface area contributed by atoms with Crippen LogP contribution < -0.4 is 11.5 Å². The van der Waals surface area contributed by atoms with Gasteiger partial charge in [-0.1, -0.05) is 0 Å². The van der Waals surface area contributed by atoms with Gasteiger partial charge >= 0.3 is 0 Å². The van der Waals surface area contributed by atoms with Crippen LogP contribution in [0.5, 0.6) is 0 Å². The molecule has 1 aromatic heterocycles. The predicted molar refractivity (Wildman–Crippen MR) is 43.8 cm³/mol. The van der Waals surface area contributed by atoms with E-state index in [4.69, 9.17) is 11.5 Å². The standard InChI is InChI=1S/C7H12N4/c1-4(8)6-3-7(9)11-5(2)10-6/h3-4H,8H2,1-2H3,(H2,9,10,11)/t4-/m0/s1. The second-order valence-electron chi connectivity index (χ2n) is 2.55. The molecule has 11 heavy (non-hydrogen) atoms. The van der Waals surface area contributed by atoms with Crippen LogP contribution in [-0.2, 0) is 0 Å². The number of hydrogen-bond donors (Lipinski definition) is 2. The van der Waals surface area contributed by atoms with Crippen molar-refractivity contribution in [3.63, 3.8) is 0 Å². The van der Waals surface area contributed by atoms with Crippen molar-refractivity contribution >= 4 is 5.82 Å². The number of aryl methyl sites for hydroxylation is 1. The minimum Gasteiger partial charge on any atom is -0.384 e. The average molecular weight is 152 g/mol. The van der Waals surface area contributed by atoms with Crippen LogP contribution in [0.25, 0.3) is 0 Å². The Morgan fingerprint density at radius 3 is 2.55 bits per heavy atom. The topological polar surface area (TPSA) is 77.8 Å². The molecule has 60 valence electrons. The molecule has 4 nitrogen and oxygen atoms in total. The highest BCUT2D eigenvalue weighted by Gasteiger charge is 2.02. The zero-order valence-corrected chi connectivity index (χ0v) is 6.70. The van der Waals surface area contributed by atoms with Crippen LogP contribution in [0, 0.1) is 6.92 Å². The van der Waals surface area contributed by atoms with E-state index in [1.54, 1.807) is 13.0 Å². The quantitative estimate of drug-likeness (QED) is 0.610. The molecule has 0 aromatic carbocycles. The van der Waals surface area contributed by atoms with Crippen LogP contribution in [0.4, 0.5) is 5.82 Å². The zero-order chi connectivity index (χ0) is 8.43. The second kappa shape index (κ2) is 2.84. The van der Waals surface area contributed by atoms with Gasteiger partial charge in [0.2, 0.25) is 0 Å². The summed E-state index contributed by atoms with van der Waals surface area (Å²) in [6, 6.07) is 1.61. The number of nitrogens with two attached hydrogens (primary N) is 2. The van der Waals surface area contributed by atoms with Gasteiger partial charge in [0.25, 0.3) is 0 Å². The zero-order valence-electron chi connectivity index (χ0n) is 6.70. The van der Waals surface area contributed by atoms with Crippen molar-refractivity contribution in [2.45, 2.75) is 19.9 Å². The molecule has 4 heteroatoms. The monoisotopic (exact) mass is 152 g/mol. The van der Waals surface area contributed by atoms with Crippen molar-refractivity contribution in [2.24, 2.45) is 5.73 Å². The molecule has 0 aliphatic rings. The average Bonchev–Trinajstić information content (AvgIpc) is 1.85. The van der Waals surface area contributed by atoms with E-state index in [-0.39, 0.29) is 6.04 Å². The van der Waals surface area contributed by atoms with Gasteiger partial charge in [0.15, 0.2) is 0 Å². The molecule has 1 atom stereocenters. The number of nitrogen functional groups attached to an aromatic ring is 1. The highest BCUT2D eigenvalue weighted by atomic mass is 14.9. The van der Waals surface area contributed by atoms with Crippen LogP contribution in [-0.4, -0.2) is 9.97 Å². The van der Waals surface area contributed by atoms with Crippen LogP contribution >= 0.6 is 0 Å². The molecule has 4 N–H and O–H groups in total. The summed E-state index contributed by atoms with van der Waals surface area (Å²) in [6.45, 7) is 3.66. The molecule has 0 bridgehead atoms. The molecular formula is C7H12N4. The van der Waals surface area contributed by atoms with Crippen LogP contribution in [0.15, 0.2) is 6.07 Å². The van der Waals surface area contributed by atoms with E-state index < -0.39 is 0 Å². The summed E-state index contributed by atoms with van der Waals surface area (Å²) < 4.78 is 0. The molecule has 0 saturated heterocycles. The smallest absolute Gasteiger partial charge is 0.127 e. The highest BCUT2D eigenvalue weighted by molar-refractivity contribution is 5.30. The largest absolute Gasteiger partial charge is 0.384 e. The normalized spacial score (nSPS) is 13.0. The molecule has 0 aliphatic heterocycles. The van der Waals surface area contributed by atoms with E-state index in [2.05, 4.69) is 9.97 Å². The van der Waals surface area contributed by atoms with Gasteiger partial charge in [-0.25, -0.2) is 9.97 Å². The molecule has 0 fully saturated rings. The van der Waals surface area contributed by atoms with Crippen LogP contribution in [0.3, 0.4) is 0 Å². The lowest BCUT2D eigenvalue weighted by Gasteiger charge is -2.05. The molecule has 0 saturated carbocycles. The van der Waals surface area contributed by atoms with Crippen molar-refractivity contribution in [2.75, 3.05) is 5.73 Å². The summed E-state index contributed by atoms with van der Waals surface area (Å²) in [5.41, 5.74) is 11.9. The van der Waals surface area contributed by atoms with Crippen LogP contribution in [0.1, 0.15) is 24.5 Å². The van der Waals surface area contributed by atoms with Crippen molar-refractivity contribution in [1.82, 2.24) is 9.97 Å². The fourth-order valence-electron chi connectivity index (χ4n) is 0.848. The molecular weight excluding hydrogens is 140 g/mol. The lowest BCUT2D eigenvalue weighted by molar-refractivity contribution is 0.767. The van der Waals surface area contributed by atoms with E-state index in [0.29, 0.717) is 11.6 Å². The first-order valence-corrected chi connectivity index (χ1v) is 3.46. The summed E-state index contributed by atoms with van der Waals surface area (Å²) in [4.78, 5) is 8.05. The summed E-state index contributed by atoms with van der Waals surface area (Å²) in [5, 5.41) is 0. The first-order chi connectivity index (χ1) is 5.09. The minimum atomic E-state index is -0.0843. The summed E-state index contributed by atoms with van der Waals surface area (Å²) in [5.74, 6) is 1.14. The third-order valence-electron chi connectivity index (χ3n) is 1.34. The SMILES string of the molecule is Cc1nc(N)cc([C@H](C)N)n1. The Labute approximate surface area is 65.6 Å². The molecule has 0 amide bonds. The van der Waals surface area contributed by atoms with Gasteiger partial charge < -0.3 is 11.5 Å². The molecule has 0 aliphatic carbocycles. The van der Waals surface area contributed by atoms with E-state index in [1.807, 2.05) is 6.92 Å². The van der Waals surface area contributed by atoms with E-state index >= 15 is 0 Å².